The Labute approximate surface area is 336 Å². The zero-order valence-corrected chi connectivity index (χ0v) is 32.7. The van der Waals surface area contributed by atoms with Crippen LogP contribution in [0, 0.1) is 17.6 Å². The van der Waals surface area contributed by atoms with Crippen LogP contribution < -0.4 is 20.2 Å². The number of anilines is 2. The van der Waals surface area contributed by atoms with Gasteiger partial charge in [-0.15, -0.1) is 5.10 Å². The van der Waals surface area contributed by atoms with Gasteiger partial charge in [0, 0.05) is 60.7 Å². The number of rotatable bonds is 15. The van der Waals surface area contributed by atoms with E-state index in [1.54, 1.807) is 11.0 Å². The number of H-pyrrole nitrogens is 1. The number of ether oxygens (including phenoxy) is 3. The van der Waals surface area contributed by atoms with Crippen molar-refractivity contribution in [1.82, 2.24) is 29.5 Å². The van der Waals surface area contributed by atoms with Crippen LogP contribution in [0.15, 0.2) is 115 Å². The molecule has 12 nitrogen and oxygen atoms in total. The first-order valence-corrected chi connectivity index (χ1v) is 19.9. The number of piperazine rings is 1. The molecule has 2 aliphatic rings. The van der Waals surface area contributed by atoms with Gasteiger partial charge in [-0.2, -0.15) is 5.10 Å². The van der Waals surface area contributed by atoms with Gasteiger partial charge in [0.05, 0.1) is 38.5 Å². The maximum atomic E-state index is 15.0. The van der Waals surface area contributed by atoms with Crippen molar-refractivity contribution in [3.05, 3.63) is 143 Å². The first-order valence-electron chi connectivity index (χ1n) is 19.9. The van der Waals surface area contributed by atoms with E-state index in [0.29, 0.717) is 44.1 Å². The molecule has 0 saturated carbocycles. The Kier molecular flexibility index (Phi) is 11.6. The van der Waals surface area contributed by atoms with Crippen LogP contribution in [0.4, 0.5) is 20.2 Å². The Bertz CT molecular complexity index is 2300. The smallest absolute Gasteiger partial charge is 0.343 e. The molecule has 2 saturated heterocycles. The van der Waals surface area contributed by atoms with E-state index >= 15 is 4.39 Å². The minimum atomic E-state index is -1.02. The number of nitrogens with zero attached hydrogens (tertiary/aromatic N) is 7. The molecule has 4 atom stereocenters. The third-order valence-electron chi connectivity index (χ3n) is 11.3. The zero-order chi connectivity index (χ0) is 40.1. The molecule has 2 fully saturated rings. The zero-order valence-electron chi connectivity index (χ0n) is 32.7. The maximum Gasteiger partial charge on any atom is 0.343 e. The van der Waals surface area contributed by atoms with E-state index in [1.165, 1.54) is 23.1 Å². The lowest BCUT2D eigenvalue weighted by Crippen LogP contribution is -2.46. The Balaban J connectivity index is 0.827. The van der Waals surface area contributed by atoms with E-state index in [0.717, 1.165) is 60.5 Å². The maximum absolute atomic E-state index is 15.0. The molecule has 8 rings (SSSR count). The summed E-state index contributed by atoms with van der Waals surface area (Å²) in [7, 11) is 0. The van der Waals surface area contributed by atoms with E-state index in [2.05, 4.69) is 49.1 Å². The molecule has 2 aliphatic heterocycles. The summed E-state index contributed by atoms with van der Waals surface area (Å²) in [6.45, 7) is 8.93. The van der Waals surface area contributed by atoms with Crippen molar-refractivity contribution in [2.75, 3.05) is 49.2 Å². The number of aromatic nitrogens is 6. The van der Waals surface area contributed by atoms with Gasteiger partial charge in [0.1, 0.15) is 35.6 Å². The Morgan fingerprint density at radius 2 is 1.64 bits per heavy atom. The average Bonchev–Trinajstić information content (AvgIpc) is 4.02. The summed E-state index contributed by atoms with van der Waals surface area (Å²) in [6, 6.07) is 29.7. The molecule has 1 N–H and O–H groups in total. The van der Waals surface area contributed by atoms with Gasteiger partial charge in [0.2, 0.25) is 0 Å². The molecule has 0 amide bonds. The lowest BCUT2D eigenvalue weighted by atomic mass is 9.87. The lowest BCUT2D eigenvalue weighted by Gasteiger charge is -2.37. The predicted molar refractivity (Wildman–Crippen MR) is 217 cm³/mol. The Morgan fingerprint density at radius 1 is 0.931 bits per heavy atom. The van der Waals surface area contributed by atoms with Crippen LogP contribution in [0.3, 0.4) is 0 Å². The standard InChI is InChI=1S/C44H48F2N8O4/c1-3-41(31(2)56-25-32-7-5-4-6-8-32)54-43(55)49-42(50-54)34-9-12-36(13-10-34)51-19-21-52(22-20-51)37-14-16-38(17-15-37)57-26-33-24-44(58-27-33,28-53-30-47-29-48-53)39-18-11-35(45)23-40(39)46/h4-18,23,29-31,33,41H,3,19-22,24-28H2,1-2H3,(H,49,50,55)/t31-,33-,41-,44+/m1/s1. The van der Waals surface area contributed by atoms with Crippen molar-refractivity contribution in [2.45, 2.75) is 57.6 Å². The summed E-state index contributed by atoms with van der Waals surface area (Å²) in [5, 5.41) is 8.89. The molecule has 4 heterocycles. The summed E-state index contributed by atoms with van der Waals surface area (Å²) in [6.07, 6.45) is 3.97. The van der Waals surface area contributed by atoms with Gasteiger partial charge in [-0.1, -0.05) is 43.3 Å². The number of aromatic amines is 1. The van der Waals surface area contributed by atoms with E-state index < -0.39 is 17.2 Å². The first-order chi connectivity index (χ1) is 28.3. The lowest BCUT2D eigenvalue weighted by molar-refractivity contribution is -0.0206. The molecular formula is C44H48F2N8O4. The summed E-state index contributed by atoms with van der Waals surface area (Å²) < 4.78 is 50.5. The normalized spacial score (nSPS) is 19.3. The summed E-state index contributed by atoms with van der Waals surface area (Å²) in [5.74, 6) is -0.0141. The Hall–Kier alpha value is -5.86. The minimum Gasteiger partial charge on any atom is -0.493 e. The van der Waals surface area contributed by atoms with Crippen LogP contribution >= 0.6 is 0 Å². The summed E-state index contributed by atoms with van der Waals surface area (Å²) in [4.78, 5) is 24.7. The number of nitrogens with one attached hydrogen (secondary N) is 1. The van der Waals surface area contributed by atoms with Crippen LogP contribution in [-0.2, 0) is 28.2 Å². The topological polar surface area (TPSA) is 116 Å². The molecule has 0 bridgehead atoms. The average molecular weight is 791 g/mol. The fraction of sp³-hybridized carbons (Fsp3) is 0.364. The van der Waals surface area contributed by atoms with E-state index in [-0.39, 0.29) is 30.3 Å². The fourth-order valence-corrected chi connectivity index (χ4v) is 8.11. The SMILES string of the molecule is CC[C@H]([C@@H](C)OCc1ccccc1)n1nc(-c2ccc(N3CCN(c4ccc(OC[C@@H]5CO[C@@](Cn6cncn6)(c6ccc(F)cc6F)C5)cc4)CC3)cc2)[nH]c1=O. The van der Waals surface area contributed by atoms with Crippen LogP contribution in [0.1, 0.15) is 43.9 Å². The molecule has 0 unspecified atom stereocenters. The number of halogens is 2. The van der Waals surface area contributed by atoms with Crippen molar-refractivity contribution in [3.63, 3.8) is 0 Å². The highest BCUT2D eigenvalue weighted by atomic mass is 19.1. The van der Waals surface area contributed by atoms with Crippen molar-refractivity contribution < 1.29 is 23.0 Å². The van der Waals surface area contributed by atoms with Crippen LogP contribution in [-0.4, -0.2) is 75.0 Å². The molecule has 58 heavy (non-hydrogen) atoms. The van der Waals surface area contributed by atoms with Crippen molar-refractivity contribution in [1.29, 1.82) is 0 Å². The van der Waals surface area contributed by atoms with Gasteiger partial charge in [-0.25, -0.2) is 27.9 Å². The highest BCUT2D eigenvalue weighted by Gasteiger charge is 2.44. The highest BCUT2D eigenvalue weighted by Crippen LogP contribution is 2.42. The summed E-state index contributed by atoms with van der Waals surface area (Å²) in [5.41, 5.74) is 3.20. The largest absolute Gasteiger partial charge is 0.493 e. The Morgan fingerprint density at radius 3 is 2.29 bits per heavy atom. The summed E-state index contributed by atoms with van der Waals surface area (Å²) >= 11 is 0. The molecular weight excluding hydrogens is 743 g/mol. The van der Waals surface area contributed by atoms with Gasteiger partial charge in [0.15, 0.2) is 5.82 Å². The number of benzene rings is 4. The molecule has 14 heteroatoms. The predicted octanol–water partition coefficient (Wildman–Crippen LogP) is 7.00. The third-order valence-corrected chi connectivity index (χ3v) is 11.3. The molecule has 2 aromatic heterocycles. The second-order valence-corrected chi connectivity index (χ2v) is 15.1. The van der Waals surface area contributed by atoms with Gasteiger partial charge < -0.3 is 24.0 Å². The van der Waals surface area contributed by atoms with Crippen molar-refractivity contribution in [3.8, 4) is 17.1 Å². The number of hydrogen-bond acceptors (Lipinski definition) is 9. The minimum absolute atomic E-state index is 0.0120. The molecule has 302 valence electrons. The number of hydrogen-bond donors (Lipinski definition) is 1. The van der Waals surface area contributed by atoms with Crippen LogP contribution in [0.2, 0.25) is 0 Å². The van der Waals surface area contributed by atoms with Gasteiger partial charge in [-0.05, 0) is 79.9 Å². The van der Waals surface area contributed by atoms with E-state index in [1.807, 2.05) is 68.4 Å². The van der Waals surface area contributed by atoms with E-state index in [9.17, 15) is 9.18 Å². The second-order valence-electron chi connectivity index (χ2n) is 15.1. The van der Waals surface area contributed by atoms with Crippen LogP contribution in [0.25, 0.3) is 11.4 Å². The second kappa shape index (κ2) is 17.3. The fourth-order valence-electron chi connectivity index (χ4n) is 8.11. The van der Waals surface area contributed by atoms with Gasteiger partial charge in [-0.3, -0.25) is 4.98 Å². The highest BCUT2D eigenvalue weighted by molar-refractivity contribution is 5.61. The molecule has 0 spiro atoms. The van der Waals surface area contributed by atoms with E-state index in [4.69, 9.17) is 19.3 Å². The van der Waals surface area contributed by atoms with Crippen molar-refractivity contribution in [2.24, 2.45) is 5.92 Å². The van der Waals surface area contributed by atoms with Gasteiger partial charge in [0.25, 0.3) is 0 Å². The quantitative estimate of drug-likeness (QED) is 0.117. The first kappa shape index (κ1) is 39.0. The molecule has 0 radical (unpaired) electrons. The monoisotopic (exact) mass is 790 g/mol. The van der Waals surface area contributed by atoms with Crippen LogP contribution in [0.5, 0.6) is 5.75 Å². The third kappa shape index (κ3) is 8.67. The van der Waals surface area contributed by atoms with Gasteiger partial charge >= 0.3 is 5.69 Å². The van der Waals surface area contributed by atoms with Crippen molar-refractivity contribution >= 4 is 11.4 Å². The molecule has 6 aromatic rings. The molecule has 0 aliphatic carbocycles. The molecule has 4 aromatic carbocycles.